The fourth-order valence-corrected chi connectivity index (χ4v) is 3.20. The van der Waals surface area contributed by atoms with Crippen molar-refractivity contribution in [2.45, 2.75) is 26.4 Å². The van der Waals surface area contributed by atoms with Crippen molar-refractivity contribution in [2.75, 3.05) is 39.9 Å². The van der Waals surface area contributed by atoms with Crippen LogP contribution in [-0.4, -0.2) is 65.9 Å². The van der Waals surface area contributed by atoms with E-state index in [9.17, 15) is 0 Å². The maximum atomic E-state index is 5.47. The number of ether oxygens (including phenoxy) is 1. The average molecular weight is 330 g/mol. The van der Waals surface area contributed by atoms with Crippen LogP contribution in [0.2, 0.25) is 0 Å². The van der Waals surface area contributed by atoms with E-state index in [1.165, 1.54) is 0 Å². The lowest BCUT2D eigenvalue weighted by atomic mass is 10.1. The Labute approximate surface area is 143 Å². The molecule has 6 heteroatoms. The molecule has 24 heavy (non-hydrogen) atoms. The summed E-state index contributed by atoms with van der Waals surface area (Å²) in [5, 5.41) is 4.15. The van der Waals surface area contributed by atoms with Crippen LogP contribution in [-0.2, 0) is 11.3 Å². The molecule has 0 N–H and O–H groups in total. The molecule has 2 aromatic rings. The van der Waals surface area contributed by atoms with Crippen LogP contribution in [0, 0.1) is 6.92 Å². The summed E-state index contributed by atoms with van der Waals surface area (Å²) in [6.45, 7) is 9.87. The zero-order valence-corrected chi connectivity index (χ0v) is 14.7. The van der Waals surface area contributed by atoms with E-state index in [-0.39, 0.29) is 0 Å². The van der Waals surface area contributed by atoms with Gasteiger partial charge in [-0.1, -0.05) is 29.4 Å². The van der Waals surface area contributed by atoms with Gasteiger partial charge >= 0.3 is 0 Å². The fourth-order valence-electron chi connectivity index (χ4n) is 3.20. The number of hydrogen-bond acceptors (Lipinski definition) is 6. The Hall–Kier alpha value is -1.76. The Morgan fingerprint density at radius 3 is 2.88 bits per heavy atom. The zero-order valence-electron chi connectivity index (χ0n) is 14.7. The van der Waals surface area contributed by atoms with E-state index in [1.807, 2.05) is 18.2 Å². The van der Waals surface area contributed by atoms with Gasteiger partial charge in [0.05, 0.1) is 13.2 Å². The molecule has 0 radical (unpaired) electrons. The maximum Gasteiger partial charge on any atom is 0.241 e. The molecule has 3 rings (SSSR count). The van der Waals surface area contributed by atoms with Crippen molar-refractivity contribution in [3.05, 3.63) is 35.7 Å². The highest BCUT2D eigenvalue weighted by molar-refractivity contribution is 5.58. The monoisotopic (exact) mass is 330 g/mol. The van der Waals surface area contributed by atoms with Crippen LogP contribution in [0.15, 0.2) is 28.8 Å². The fraction of sp³-hybridized carbons (Fsp3) is 0.556. The van der Waals surface area contributed by atoms with Gasteiger partial charge in [0.2, 0.25) is 11.7 Å². The van der Waals surface area contributed by atoms with Gasteiger partial charge < -0.3 is 9.26 Å². The minimum atomic E-state index is 0.507. The first-order valence-corrected chi connectivity index (χ1v) is 8.51. The molecule has 1 fully saturated rings. The van der Waals surface area contributed by atoms with Gasteiger partial charge in [0.25, 0.3) is 0 Å². The van der Waals surface area contributed by atoms with Crippen LogP contribution in [0.3, 0.4) is 0 Å². The first kappa shape index (κ1) is 17.1. The number of aryl methyl sites for hydroxylation is 1. The molecule has 1 saturated heterocycles. The smallest absolute Gasteiger partial charge is 0.241 e. The quantitative estimate of drug-likeness (QED) is 0.809. The highest BCUT2D eigenvalue weighted by Gasteiger charge is 2.24. The largest absolute Gasteiger partial charge is 0.383 e. The van der Waals surface area contributed by atoms with E-state index in [0.717, 1.165) is 43.9 Å². The van der Waals surface area contributed by atoms with Gasteiger partial charge in [0.1, 0.15) is 0 Å². The molecule has 1 aliphatic rings. The Bertz CT molecular complexity index is 658. The highest BCUT2D eigenvalue weighted by atomic mass is 16.5. The van der Waals surface area contributed by atoms with Gasteiger partial charge in [0, 0.05) is 44.9 Å². The molecule has 0 aliphatic carbocycles. The Balaban J connectivity index is 1.59. The van der Waals surface area contributed by atoms with Gasteiger partial charge in [-0.05, 0) is 19.4 Å². The molecule has 0 saturated carbocycles. The SMILES string of the molecule is COCCN1CCN(Cc2nc(-c3ccccc3C)no2)CC1C. The standard InChI is InChI=1S/C18H26N4O2/c1-14-6-4-5-7-16(14)18-19-17(24-20-18)13-21-8-9-22(10-11-23-3)15(2)12-21/h4-7,15H,8-13H2,1-3H3. The van der Waals surface area contributed by atoms with Crippen LogP contribution in [0.25, 0.3) is 11.4 Å². The highest BCUT2D eigenvalue weighted by Crippen LogP contribution is 2.20. The van der Waals surface area contributed by atoms with Crippen LogP contribution in [0.5, 0.6) is 0 Å². The Morgan fingerprint density at radius 2 is 2.12 bits per heavy atom. The van der Waals surface area contributed by atoms with Crippen LogP contribution in [0.4, 0.5) is 0 Å². The number of benzene rings is 1. The molecule has 1 aromatic heterocycles. The molecule has 0 spiro atoms. The normalized spacial score (nSPS) is 19.7. The zero-order chi connectivity index (χ0) is 16.9. The summed E-state index contributed by atoms with van der Waals surface area (Å²) in [6.07, 6.45) is 0. The van der Waals surface area contributed by atoms with Crippen LogP contribution in [0.1, 0.15) is 18.4 Å². The second-order valence-corrected chi connectivity index (χ2v) is 6.44. The molecular formula is C18H26N4O2. The van der Waals surface area contributed by atoms with Gasteiger partial charge in [-0.25, -0.2) is 0 Å². The maximum absolute atomic E-state index is 5.47. The molecule has 6 nitrogen and oxygen atoms in total. The van der Waals surface area contributed by atoms with E-state index in [0.29, 0.717) is 24.3 Å². The molecule has 130 valence electrons. The Morgan fingerprint density at radius 1 is 1.29 bits per heavy atom. The number of piperazine rings is 1. The number of nitrogens with zero attached hydrogens (tertiary/aromatic N) is 4. The molecule has 1 unspecified atom stereocenters. The van der Waals surface area contributed by atoms with E-state index in [2.05, 4.69) is 39.9 Å². The van der Waals surface area contributed by atoms with E-state index >= 15 is 0 Å². The van der Waals surface area contributed by atoms with Gasteiger partial charge in [-0.3, -0.25) is 9.80 Å². The summed E-state index contributed by atoms with van der Waals surface area (Å²) in [7, 11) is 1.75. The Kier molecular flexibility index (Phi) is 5.60. The molecule has 2 heterocycles. The van der Waals surface area contributed by atoms with Crippen molar-refractivity contribution < 1.29 is 9.26 Å². The molecule has 0 bridgehead atoms. The minimum absolute atomic E-state index is 0.507. The van der Waals surface area contributed by atoms with E-state index < -0.39 is 0 Å². The van der Waals surface area contributed by atoms with Crippen molar-refractivity contribution in [1.82, 2.24) is 19.9 Å². The molecule has 0 amide bonds. The van der Waals surface area contributed by atoms with Crippen LogP contribution < -0.4 is 0 Å². The van der Waals surface area contributed by atoms with Crippen LogP contribution >= 0.6 is 0 Å². The first-order chi connectivity index (χ1) is 11.7. The summed E-state index contributed by atoms with van der Waals surface area (Å²) in [5.41, 5.74) is 2.19. The average Bonchev–Trinajstić information content (AvgIpc) is 3.03. The topological polar surface area (TPSA) is 54.6 Å². The van der Waals surface area contributed by atoms with E-state index in [1.54, 1.807) is 7.11 Å². The second kappa shape index (κ2) is 7.88. The van der Waals surface area contributed by atoms with Crippen molar-refractivity contribution in [3.63, 3.8) is 0 Å². The summed E-state index contributed by atoms with van der Waals surface area (Å²) in [6, 6.07) is 8.61. The lowest BCUT2D eigenvalue weighted by molar-refractivity contribution is 0.0512. The predicted molar refractivity (Wildman–Crippen MR) is 92.7 cm³/mol. The minimum Gasteiger partial charge on any atom is -0.383 e. The van der Waals surface area contributed by atoms with Gasteiger partial charge in [-0.15, -0.1) is 0 Å². The van der Waals surface area contributed by atoms with Gasteiger partial charge in [-0.2, -0.15) is 4.98 Å². The number of rotatable bonds is 6. The summed E-state index contributed by atoms with van der Waals surface area (Å²) >= 11 is 0. The molecule has 1 aliphatic heterocycles. The molecular weight excluding hydrogens is 304 g/mol. The predicted octanol–water partition coefficient (Wildman–Crippen LogP) is 2.20. The number of hydrogen-bond donors (Lipinski definition) is 0. The molecule has 1 aromatic carbocycles. The summed E-state index contributed by atoms with van der Waals surface area (Å²) in [5.74, 6) is 1.36. The number of methoxy groups -OCH3 is 1. The van der Waals surface area contributed by atoms with Gasteiger partial charge in [0.15, 0.2) is 0 Å². The van der Waals surface area contributed by atoms with Crippen molar-refractivity contribution in [3.8, 4) is 11.4 Å². The number of aromatic nitrogens is 2. The third-order valence-electron chi connectivity index (χ3n) is 4.64. The van der Waals surface area contributed by atoms with Crippen molar-refractivity contribution in [1.29, 1.82) is 0 Å². The van der Waals surface area contributed by atoms with Crippen molar-refractivity contribution >= 4 is 0 Å². The first-order valence-electron chi connectivity index (χ1n) is 8.51. The summed E-state index contributed by atoms with van der Waals surface area (Å²) in [4.78, 5) is 9.42. The lowest BCUT2D eigenvalue weighted by Crippen LogP contribution is -2.52. The lowest BCUT2D eigenvalue weighted by Gasteiger charge is -2.39. The third kappa shape index (κ3) is 4.01. The molecule has 1 atom stereocenters. The third-order valence-corrected chi connectivity index (χ3v) is 4.64. The summed E-state index contributed by atoms with van der Waals surface area (Å²) < 4.78 is 10.6. The van der Waals surface area contributed by atoms with E-state index in [4.69, 9.17) is 9.26 Å². The second-order valence-electron chi connectivity index (χ2n) is 6.44. The van der Waals surface area contributed by atoms with Crippen molar-refractivity contribution in [2.24, 2.45) is 0 Å².